The minimum atomic E-state index is -5.14. The Morgan fingerprint density at radius 3 is 0.850 bits per heavy atom. The molecule has 0 aromatic carbocycles. The van der Waals surface area contributed by atoms with Gasteiger partial charge in [-0.3, -0.25) is 0 Å². The van der Waals surface area contributed by atoms with E-state index in [4.69, 9.17) is 88.9 Å². The van der Waals surface area contributed by atoms with Gasteiger partial charge in [0.25, 0.3) is 0 Å². The van der Waals surface area contributed by atoms with Crippen LogP contribution in [-0.4, -0.2) is 65.7 Å². The van der Waals surface area contributed by atoms with Crippen molar-refractivity contribution in [2.75, 3.05) is 0 Å². The predicted octanol–water partition coefficient (Wildman–Crippen LogP) is 0.408. The summed E-state index contributed by atoms with van der Waals surface area (Å²) in [6.45, 7) is 0. The first kappa shape index (κ1) is 30.4. The normalized spacial score (nSPS) is 36.2. The molecule has 0 bridgehead atoms. The van der Waals surface area contributed by atoms with Crippen LogP contribution in [0.15, 0.2) is 0 Å². The van der Waals surface area contributed by atoms with E-state index in [1.54, 1.807) is 0 Å². The zero-order valence-electron chi connectivity index (χ0n) is 9.77. The Hall–Kier alpha value is 2.54. The maximum atomic E-state index is 8.66. The van der Waals surface area contributed by atoms with Gasteiger partial charge < -0.3 is 30.9 Å². The summed E-state index contributed by atoms with van der Waals surface area (Å²) in [5.74, 6) is 0. The fourth-order valence-corrected chi connectivity index (χ4v) is 3.38. The Balaban J connectivity index is -0.000000141. The van der Waals surface area contributed by atoms with Crippen molar-refractivity contribution in [1.82, 2.24) is 6.15 Å². The zero-order chi connectivity index (χ0) is 14.0. The molecule has 0 heterocycles. The first-order chi connectivity index (χ1) is 7.46. The quantitative estimate of drug-likeness (QED) is 0.314. The molecule has 6 N–H and O–H groups in total. The minimum absolute atomic E-state index is 0. The maximum absolute atomic E-state index is 8.66. The molecule has 0 unspecified atom stereocenters. The monoisotopic (exact) mass is 443 g/mol. The summed E-state index contributed by atoms with van der Waals surface area (Å²) in [7, 11) is -5.14. The molecule has 0 aliphatic heterocycles. The Morgan fingerprint density at radius 2 is 0.800 bits per heavy atom. The number of phosphoric acid groups is 1. The van der Waals surface area contributed by atoms with Crippen LogP contribution in [-0.2, 0) is 4.57 Å². The summed E-state index contributed by atoms with van der Waals surface area (Å²) in [4.78, 5) is 24.3. The van der Waals surface area contributed by atoms with Crippen molar-refractivity contribution in [2.45, 2.75) is 32.3 Å². The Labute approximate surface area is 162 Å². The van der Waals surface area contributed by atoms with Gasteiger partial charge in [-0.15, -0.1) is 69.6 Å². The Kier molecular flexibility index (Phi) is 19.6. The van der Waals surface area contributed by atoms with Crippen LogP contribution < -0.4 is 15.9 Å². The third-order valence-electron chi connectivity index (χ3n) is 1.83. The predicted molar refractivity (Wildman–Crippen MR) is 82.1 cm³/mol. The largest absolute Gasteiger partial charge is 2.00 e. The molecule has 0 radical (unpaired) electrons. The Bertz CT molecular complexity index is 234. The van der Waals surface area contributed by atoms with Crippen molar-refractivity contribution in [1.29, 1.82) is 0 Å². The second kappa shape index (κ2) is 12.9. The Morgan fingerprint density at radius 1 is 0.750 bits per heavy atom. The molecule has 20 heavy (non-hydrogen) atoms. The first-order valence-corrected chi connectivity index (χ1v) is 8.17. The number of halogens is 6. The van der Waals surface area contributed by atoms with Crippen LogP contribution >= 0.6 is 77.4 Å². The third-order valence-corrected chi connectivity index (χ3v) is 5.86. The van der Waals surface area contributed by atoms with Crippen LogP contribution in [0.4, 0.5) is 0 Å². The van der Waals surface area contributed by atoms with Crippen molar-refractivity contribution < 1.29 is 24.7 Å². The van der Waals surface area contributed by atoms with E-state index in [1.165, 1.54) is 0 Å². The van der Waals surface area contributed by atoms with E-state index in [1.807, 2.05) is 0 Å². The molecular weight excluding hydrogens is 434 g/mol. The molecule has 0 spiro atoms. The molecule has 0 aromatic rings. The van der Waals surface area contributed by atoms with Gasteiger partial charge in [-0.1, -0.05) is 0 Å². The number of hydrogen-bond donors (Lipinski definition) is 2. The summed E-state index contributed by atoms with van der Waals surface area (Å²) in [6, 6.07) is 0. The van der Waals surface area contributed by atoms with Crippen LogP contribution in [0.3, 0.4) is 0 Å². The summed E-state index contributed by atoms with van der Waals surface area (Å²) >= 11 is 35.3. The number of hydrogen-bond acceptors (Lipinski definition) is 4. The minimum Gasteiger partial charge on any atom is -0.790 e. The fraction of sp³-hybridized carbons (Fsp3) is 1.00. The van der Waals surface area contributed by atoms with Gasteiger partial charge in [0.05, 0.1) is 40.1 Å². The molecule has 1 saturated carbocycles. The van der Waals surface area contributed by atoms with Crippen molar-refractivity contribution in [2.24, 2.45) is 0 Å². The smallest absolute Gasteiger partial charge is 0.790 e. The molecule has 1 aliphatic carbocycles. The zero-order valence-corrected chi connectivity index (χ0v) is 16.6. The van der Waals surface area contributed by atoms with E-state index in [0.29, 0.717) is 0 Å². The van der Waals surface area contributed by atoms with E-state index < -0.39 is 40.1 Å². The molecular formula is C6H12Cl6MgNO5P. The van der Waals surface area contributed by atoms with Crippen LogP contribution in [0, 0.1) is 0 Å². The van der Waals surface area contributed by atoms with Crippen molar-refractivity contribution in [3.63, 3.8) is 0 Å². The van der Waals surface area contributed by atoms with Crippen LogP contribution in [0.1, 0.15) is 0 Å². The molecule has 120 valence electrons. The van der Waals surface area contributed by atoms with Crippen molar-refractivity contribution >= 4 is 100 Å². The van der Waals surface area contributed by atoms with E-state index in [9.17, 15) is 0 Å². The maximum Gasteiger partial charge on any atom is 2.00 e. The SMILES string of the molecule is ClC1C(Cl)C(Cl)C(Cl)C(Cl)C1Cl.N.O.O=P([O-])([O-])O.[Mg+2]. The van der Waals surface area contributed by atoms with Gasteiger partial charge in [-0.2, -0.15) is 0 Å². The molecule has 1 fully saturated rings. The standard InChI is InChI=1S/C6H6Cl6.Mg.H3N.H3O4P.H2O/c7-1-2(8)4(10)6(12)5(11)3(1)9;;;1-5(2,3)4;/h1-6H;;1H3;(H3,1,2,3,4);1H2/q;+2;;;/p-2. The van der Waals surface area contributed by atoms with E-state index >= 15 is 0 Å². The average molecular weight is 446 g/mol. The average Bonchev–Trinajstić information content (AvgIpc) is 2.18. The van der Waals surface area contributed by atoms with Gasteiger partial charge in [0.15, 0.2) is 0 Å². The van der Waals surface area contributed by atoms with Gasteiger partial charge in [-0.05, 0) is 0 Å². The van der Waals surface area contributed by atoms with E-state index in [-0.39, 0.29) is 34.7 Å². The molecule has 0 saturated heterocycles. The molecule has 14 heteroatoms. The molecule has 0 atom stereocenters. The molecule has 0 aromatic heterocycles. The van der Waals surface area contributed by atoms with Crippen molar-refractivity contribution in [3.05, 3.63) is 0 Å². The van der Waals surface area contributed by atoms with Gasteiger partial charge in [0.1, 0.15) is 0 Å². The topological polar surface area (TPSA) is 150 Å². The summed E-state index contributed by atoms with van der Waals surface area (Å²) in [5.41, 5.74) is 0. The fourth-order valence-electron chi connectivity index (χ4n) is 1.05. The van der Waals surface area contributed by atoms with E-state index in [2.05, 4.69) is 0 Å². The summed E-state index contributed by atoms with van der Waals surface area (Å²) in [5, 5.41) is -2.62. The molecule has 6 nitrogen and oxygen atoms in total. The number of rotatable bonds is 0. The second-order valence-electron chi connectivity index (χ2n) is 3.14. The first-order valence-electron chi connectivity index (χ1n) is 4.06. The molecule has 1 aliphatic rings. The van der Waals surface area contributed by atoms with Crippen LogP contribution in [0.5, 0.6) is 0 Å². The second-order valence-corrected chi connectivity index (χ2v) is 7.10. The van der Waals surface area contributed by atoms with Crippen LogP contribution in [0.2, 0.25) is 0 Å². The van der Waals surface area contributed by atoms with E-state index in [0.717, 1.165) is 0 Å². The molecule has 1 rings (SSSR count). The van der Waals surface area contributed by atoms with Gasteiger partial charge in [0.2, 0.25) is 0 Å². The number of alkyl halides is 6. The van der Waals surface area contributed by atoms with Crippen molar-refractivity contribution in [3.8, 4) is 0 Å². The van der Waals surface area contributed by atoms with Gasteiger partial charge in [-0.25, -0.2) is 0 Å². The third kappa shape index (κ3) is 11.1. The van der Waals surface area contributed by atoms with Crippen LogP contribution in [0.25, 0.3) is 0 Å². The molecule has 0 amide bonds. The van der Waals surface area contributed by atoms with Gasteiger partial charge >= 0.3 is 23.1 Å². The summed E-state index contributed by atoms with van der Waals surface area (Å²) < 4.78 is 8.66. The summed E-state index contributed by atoms with van der Waals surface area (Å²) in [6.07, 6.45) is 0. The van der Waals surface area contributed by atoms with Gasteiger partial charge in [0, 0.05) is 0 Å².